The predicted octanol–water partition coefficient (Wildman–Crippen LogP) is 3.38. The summed E-state index contributed by atoms with van der Waals surface area (Å²) in [5.74, 6) is 1.67. The van der Waals surface area contributed by atoms with Crippen molar-refractivity contribution in [1.29, 1.82) is 0 Å². The zero-order chi connectivity index (χ0) is 29.1. The van der Waals surface area contributed by atoms with Gasteiger partial charge in [0.2, 0.25) is 5.91 Å². The van der Waals surface area contributed by atoms with E-state index in [1.807, 2.05) is 35.2 Å². The van der Waals surface area contributed by atoms with Crippen LogP contribution in [-0.4, -0.2) is 72.5 Å². The van der Waals surface area contributed by atoms with E-state index in [1.54, 1.807) is 20.3 Å². The summed E-state index contributed by atoms with van der Waals surface area (Å²) < 4.78 is 49.0. The third-order valence-electron chi connectivity index (χ3n) is 7.94. The Hall–Kier alpha value is -3.76. The highest BCUT2D eigenvalue weighted by molar-refractivity contribution is 7.91. The number of ether oxygens (including phenoxy) is 4. The molecule has 3 aromatic carbocycles. The molecule has 1 N–H and O–H groups in total. The maximum absolute atomic E-state index is 13.5. The van der Waals surface area contributed by atoms with Crippen molar-refractivity contribution < 1.29 is 32.2 Å². The van der Waals surface area contributed by atoms with Gasteiger partial charge < -0.3 is 24.3 Å². The van der Waals surface area contributed by atoms with Crippen LogP contribution in [0.25, 0.3) is 0 Å². The van der Waals surface area contributed by atoms with Crippen LogP contribution in [0.15, 0.2) is 59.5 Å². The van der Waals surface area contributed by atoms with Crippen LogP contribution in [0.2, 0.25) is 0 Å². The summed E-state index contributed by atoms with van der Waals surface area (Å²) in [7, 11) is 2.48. The standard InChI is InChI=1S/C31H36N2O7S/c1-37-26-10-9-20(14-27(26)38-2)13-25-24-17-28(39-3)29(40-4)18-30(24)41(35,36)12-11-33(25)19-31(34)32-23-15-21-7-5-6-8-22(21)16-23/h5-10,14,17-18,23,25H,11-13,15-16,19H2,1-4H3,(H,32,34). The van der Waals surface area contributed by atoms with Crippen molar-refractivity contribution in [2.24, 2.45) is 0 Å². The molecule has 5 rings (SSSR count). The van der Waals surface area contributed by atoms with Crippen LogP contribution >= 0.6 is 0 Å². The summed E-state index contributed by atoms with van der Waals surface area (Å²) in [4.78, 5) is 15.6. The lowest BCUT2D eigenvalue weighted by molar-refractivity contribution is -0.123. The van der Waals surface area contributed by atoms with Crippen LogP contribution in [0.3, 0.4) is 0 Å². The van der Waals surface area contributed by atoms with Crippen molar-refractivity contribution in [2.45, 2.75) is 36.2 Å². The van der Waals surface area contributed by atoms with Crippen LogP contribution in [0.5, 0.6) is 23.0 Å². The molecule has 0 radical (unpaired) electrons. The van der Waals surface area contributed by atoms with Crippen molar-refractivity contribution in [3.63, 3.8) is 0 Å². The summed E-state index contributed by atoms with van der Waals surface area (Å²) in [6, 6.07) is 16.7. The normalized spacial score (nSPS) is 18.1. The molecule has 0 aromatic heterocycles. The van der Waals surface area contributed by atoms with Crippen LogP contribution < -0.4 is 24.3 Å². The summed E-state index contributed by atoms with van der Waals surface area (Å²) in [6.07, 6.45) is 2.00. The Morgan fingerprint density at radius 1 is 0.854 bits per heavy atom. The van der Waals surface area contributed by atoms with E-state index in [-0.39, 0.29) is 35.7 Å². The van der Waals surface area contributed by atoms with Gasteiger partial charge in [-0.1, -0.05) is 30.3 Å². The molecule has 0 spiro atoms. The highest BCUT2D eigenvalue weighted by Crippen LogP contribution is 2.41. The molecule has 1 unspecified atom stereocenters. The molecule has 0 saturated heterocycles. The molecule has 2 aliphatic rings. The van der Waals surface area contributed by atoms with E-state index in [0.717, 1.165) is 18.4 Å². The van der Waals surface area contributed by atoms with Crippen molar-refractivity contribution in [3.8, 4) is 23.0 Å². The Morgan fingerprint density at radius 3 is 2.10 bits per heavy atom. The van der Waals surface area contributed by atoms with Gasteiger partial charge in [-0.25, -0.2) is 8.42 Å². The molecule has 0 bridgehead atoms. The number of carbonyl (C=O) groups excluding carboxylic acids is 1. The lowest BCUT2D eigenvalue weighted by Crippen LogP contribution is -2.44. The summed E-state index contributed by atoms with van der Waals surface area (Å²) in [5, 5.41) is 3.19. The Labute approximate surface area is 241 Å². The number of fused-ring (bicyclic) bond motifs is 2. The molecule has 41 heavy (non-hydrogen) atoms. The van der Waals surface area contributed by atoms with E-state index in [1.165, 1.54) is 31.4 Å². The van der Waals surface area contributed by atoms with Gasteiger partial charge in [-0.15, -0.1) is 0 Å². The fourth-order valence-electron chi connectivity index (χ4n) is 5.88. The number of amides is 1. The molecule has 10 heteroatoms. The fourth-order valence-corrected chi connectivity index (χ4v) is 7.42. The SMILES string of the molecule is COc1ccc(CC2c3cc(OC)c(OC)cc3S(=O)(=O)CCN2CC(=O)NC2Cc3ccccc3C2)cc1OC. The van der Waals surface area contributed by atoms with E-state index in [4.69, 9.17) is 18.9 Å². The molecular formula is C31H36N2O7S. The fraction of sp³-hybridized carbons (Fsp3) is 0.387. The van der Waals surface area contributed by atoms with E-state index >= 15 is 0 Å². The molecule has 0 saturated carbocycles. The summed E-state index contributed by atoms with van der Waals surface area (Å²) >= 11 is 0. The minimum Gasteiger partial charge on any atom is -0.493 e. The van der Waals surface area contributed by atoms with E-state index < -0.39 is 15.9 Å². The Morgan fingerprint density at radius 2 is 1.46 bits per heavy atom. The van der Waals surface area contributed by atoms with Crippen LogP contribution in [0, 0.1) is 0 Å². The predicted molar refractivity (Wildman–Crippen MR) is 155 cm³/mol. The van der Waals surface area contributed by atoms with Gasteiger partial charge in [-0.05, 0) is 59.7 Å². The van der Waals surface area contributed by atoms with Gasteiger partial charge in [0.15, 0.2) is 32.8 Å². The van der Waals surface area contributed by atoms with Crippen LogP contribution in [0.4, 0.5) is 0 Å². The molecule has 1 heterocycles. The molecule has 1 aliphatic carbocycles. The first-order chi connectivity index (χ1) is 19.8. The molecular weight excluding hydrogens is 544 g/mol. The number of rotatable bonds is 9. The Bertz CT molecular complexity index is 1510. The number of nitrogens with zero attached hydrogens (tertiary/aromatic N) is 1. The molecule has 1 atom stereocenters. The second kappa shape index (κ2) is 12.0. The van der Waals surface area contributed by atoms with Gasteiger partial charge in [0.25, 0.3) is 0 Å². The number of sulfone groups is 1. The zero-order valence-corrected chi connectivity index (χ0v) is 24.6. The molecule has 1 aliphatic heterocycles. The number of hydrogen-bond donors (Lipinski definition) is 1. The highest BCUT2D eigenvalue weighted by atomic mass is 32.2. The van der Waals surface area contributed by atoms with E-state index in [0.29, 0.717) is 35.0 Å². The first-order valence-electron chi connectivity index (χ1n) is 13.6. The average molecular weight is 581 g/mol. The van der Waals surface area contributed by atoms with Gasteiger partial charge in [0, 0.05) is 24.7 Å². The van der Waals surface area contributed by atoms with Gasteiger partial charge in [0.1, 0.15) is 0 Å². The molecule has 218 valence electrons. The second-order valence-electron chi connectivity index (χ2n) is 10.4. The average Bonchev–Trinajstić information content (AvgIpc) is 3.35. The number of hydrogen-bond acceptors (Lipinski definition) is 8. The minimum atomic E-state index is -3.67. The van der Waals surface area contributed by atoms with Crippen LogP contribution in [-0.2, 0) is 33.9 Å². The van der Waals surface area contributed by atoms with Gasteiger partial charge in [-0.3, -0.25) is 9.69 Å². The van der Waals surface area contributed by atoms with Gasteiger partial charge >= 0.3 is 0 Å². The highest BCUT2D eigenvalue weighted by Gasteiger charge is 2.36. The maximum atomic E-state index is 13.5. The Balaban J connectivity index is 1.49. The van der Waals surface area contributed by atoms with Crippen molar-refractivity contribution in [3.05, 3.63) is 76.9 Å². The zero-order valence-electron chi connectivity index (χ0n) is 23.8. The second-order valence-corrected chi connectivity index (χ2v) is 12.5. The number of benzene rings is 3. The number of carbonyl (C=O) groups is 1. The lowest BCUT2D eigenvalue weighted by Gasteiger charge is -2.31. The van der Waals surface area contributed by atoms with Crippen LogP contribution in [0.1, 0.15) is 28.3 Å². The quantitative estimate of drug-likeness (QED) is 0.411. The van der Waals surface area contributed by atoms with Crippen molar-refractivity contribution in [2.75, 3.05) is 47.3 Å². The molecule has 9 nitrogen and oxygen atoms in total. The first kappa shape index (κ1) is 28.8. The third kappa shape index (κ3) is 5.99. The monoisotopic (exact) mass is 580 g/mol. The molecule has 3 aromatic rings. The van der Waals surface area contributed by atoms with Crippen molar-refractivity contribution >= 4 is 15.7 Å². The maximum Gasteiger partial charge on any atom is 0.234 e. The molecule has 0 fully saturated rings. The summed E-state index contributed by atoms with van der Waals surface area (Å²) in [6.45, 7) is 0.242. The van der Waals surface area contributed by atoms with Crippen molar-refractivity contribution in [1.82, 2.24) is 10.2 Å². The summed E-state index contributed by atoms with van der Waals surface area (Å²) in [5.41, 5.74) is 3.97. The molecule has 1 amide bonds. The van der Waals surface area contributed by atoms with E-state index in [9.17, 15) is 13.2 Å². The Kier molecular flexibility index (Phi) is 8.42. The lowest BCUT2D eigenvalue weighted by atomic mass is 9.96. The largest absolute Gasteiger partial charge is 0.493 e. The number of nitrogens with one attached hydrogen (secondary N) is 1. The minimum absolute atomic E-state index is 0.0107. The third-order valence-corrected chi connectivity index (χ3v) is 9.68. The number of methoxy groups -OCH3 is 4. The van der Waals surface area contributed by atoms with Gasteiger partial charge in [0.05, 0.1) is 45.6 Å². The smallest absolute Gasteiger partial charge is 0.234 e. The topological polar surface area (TPSA) is 103 Å². The van der Waals surface area contributed by atoms with E-state index in [2.05, 4.69) is 17.4 Å². The first-order valence-corrected chi connectivity index (χ1v) is 15.2. The van der Waals surface area contributed by atoms with Gasteiger partial charge in [-0.2, -0.15) is 0 Å².